The molecule has 1 heterocycles. The number of nitrogens with one attached hydrogen (secondary N) is 3. The lowest BCUT2D eigenvalue weighted by Crippen LogP contribution is -2.29. The molecule has 0 aliphatic carbocycles. The van der Waals surface area contributed by atoms with Gasteiger partial charge in [-0.3, -0.25) is 0 Å². The van der Waals surface area contributed by atoms with Gasteiger partial charge in [0, 0.05) is 37.0 Å². The van der Waals surface area contributed by atoms with Crippen LogP contribution in [-0.4, -0.2) is 48.8 Å². The molecule has 1 atom stereocenters. The fourth-order valence-corrected chi connectivity index (χ4v) is 4.52. The van der Waals surface area contributed by atoms with Gasteiger partial charge in [-0.1, -0.05) is 56.3 Å². The molecule has 0 aliphatic rings. The molecule has 220 valence electrons. The first kappa shape index (κ1) is 30.1. The number of oxazole rings is 1. The Labute approximate surface area is 246 Å². The number of nitrogens with zero attached hydrogens (tertiary/aromatic N) is 2. The Morgan fingerprint density at radius 3 is 2.40 bits per heavy atom. The summed E-state index contributed by atoms with van der Waals surface area (Å²) in [7, 11) is 1.54. The summed E-state index contributed by atoms with van der Waals surface area (Å²) in [4.78, 5) is 31.7. The van der Waals surface area contributed by atoms with Gasteiger partial charge in [0.05, 0.1) is 18.9 Å². The molecule has 0 aliphatic heterocycles. The third kappa shape index (κ3) is 8.58. The SMILES string of the molecule is CCN(CC)CCC(OC(=O)NCc1cccc(NC(=O)Nc2ccc(-c3cnco3)c(OC)c2)c1)c1ccccc1. The Hall–Kier alpha value is -4.83. The number of carbonyl (C=O) groups is 2. The van der Waals surface area contributed by atoms with Crippen molar-refractivity contribution in [2.75, 3.05) is 37.4 Å². The molecule has 10 heteroatoms. The van der Waals surface area contributed by atoms with Gasteiger partial charge in [-0.25, -0.2) is 14.6 Å². The van der Waals surface area contributed by atoms with Crippen molar-refractivity contribution in [1.82, 2.24) is 15.2 Å². The second kappa shape index (κ2) is 15.2. The molecule has 1 aromatic heterocycles. The Bertz CT molecular complexity index is 1420. The van der Waals surface area contributed by atoms with E-state index in [9.17, 15) is 9.59 Å². The summed E-state index contributed by atoms with van der Waals surface area (Å²) in [6.45, 7) is 7.20. The lowest BCUT2D eigenvalue weighted by atomic mass is 10.1. The van der Waals surface area contributed by atoms with Gasteiger partial charge in [-0.2, -0.15) is 0 Å². The van der Waals surface area contributed by atoms with Crippen LogP contribution in [0.4, 0.5) is 21.0 Å². The summed E-state index contributed by atoms with van der Waals surface area (Å²) >= 11 is 0. The van der Waals surface area contributed by atoms with E-state index < -0.39 is 12.1 Å². The summed E-state index contributed by atoms with van der Waals surface area (Å²) in [5, 5.41) is 8.46. The van der Waals surface area contributed by atoms with Gasteiger partial charge in [0.15, 0.2) is 12.2 Å². The van der Waals surface area contributed by atoms with Crippen molar-refractivity contribution in [2.45, 2.75) is 32.9 Å². The Kier molecular flexibility index (Phi) is 10.9. The van der Waals surface area contributed by atoms with Gasteiger partial charge in [-0.15, -0.1) is 0 Å². The van der Waals surface area contributed by atoms with E-state index in [-0.39, 0.29) is 12.6 Å². The van der Waals surface area contributed by atoms with Crippen LogP contribution in [0.25, 0.3) is 11.3 Å². The minimum atomic E-state index is -0.498. The number of urea groups is 1. The Morgan fingerprint density at radius 1 is 0.952 bits per heavy atom. The summed E-state index contributed by atoms with van der Waals surface area (Å²) in [5.41, 5.74) is 3.61. The number of methoxy groups -OCH3 is 1. The number of hydrogen-bond donors (Lipinski definition) is 3. The zero-order valence-corrected chi connectivity index (χ0v) is 24.1. The number of rotatable bonds is 13. The minimum absolute atomic E-state index is 0.244. The maximum atomic E-state index is 12.8. The fraction of sp³-hybridized carbons (Fsp3) is 0.281. The van der Waals surface area contributed by atoms with Gasteiger partial charge in [-0.05, 0) is 48.5 Å². The van der Waals surface area contributed by atoms with Gasteiger partial charge >= 0.3 is 12.1 Å². The zero-order valence-electron chi connectivity index (χ0n) is 24.1. The number of hydrogen-bond acceptors (Lipinski definition) is 7. The lowest BCUT2D eigenvalue weighted by Gasteiger charge is -2.23. The van der Waals surface area contributed by atoms with Crippen LogP contribution in [0.15, 0.2) is 89.8 Å². The van der Waals surface area contributed by atoms with E-state index in [1.807, 2.05) is 42.5 Å². The van der Waals surface area contributed by atoms with E-state index in [1.165, 1.54) is 6.39 Å². The lowest BCUT2D eigenvalue weighted by molar-refractivity contribution is 0.0845. The summed E-state index contributed by atoms with van der Waals surface area (Å²) in [6, 6.07) is 21.8. The van der Waals surface area contributed by atoms with E-state index >= 15 is 0 Å². The van der Waals surface area contributed by atoms with Gasteiger partial charge < -0.3 is 34.7 Å². The van der Waals surface area contributed by atoms with Crippen molar-refractivity contribution in [3.63, 3.8) is 0 Å². The summed E-state index contributed by atoms with van der Waals surface area (Å²) in [5.74, 6) is 1.10. The third-order valence-corrected chi connectivity index (χ3v) is 6.80. The molecule has 0 saturated heterocycles. The Balaban J connectivity index is 1.31. The highest BCUT2D eigenvalue weighted by atomic mass is 16.6. The topological polar surface area (TPSA) is 118 Å². The fourth-order valence-electron chi connectivity index (χ4n) is 4.52. The second-order valence-corrected chi connectivity index (χ2v) is 9.53. The average Bonchev–Trinajstić information content (AvgIpc) is 3.55. The van der Waals surface area contributed by atoms with Crippen molar-refractivity contribution < 1.29 is 23.5 Å². The zero-order chi connectivity index (χ0) is 29.7. The number of ether oxygens (including phenoxy) is 2. The molecular weight excluding hydrogens is 534 g/mol. The largest absolute Gasteiger partial charge is 0.496 e. The molecular formula is C32H37N5O5. The van der Waals surface area contributed by atoms with E-state index in [1.54, 1.807) is 43.6 Å². The third-order valence-electron chi connectivity index (χ3n) is 6.80. The van der Waals surface area contributed by atoms with Crippen molar-refractivity contribution in [3.05, 3.63) is 96.5 Å². The predicted octanol–water partition coefficient (Wildman–Crippen LogP) is 6.69. The number of anilines is 2. The van der Waals surface area contributed by atoms with E-state index in [4.69, 9.17) is 13.9 Å². The molecule has 0 fully saturated rings. The minimum Gasteiger partial charge on any atom is -0.496 e. The average molecular weight is 572 g/mol. The first-order valence-corrected chi connectivity index (χ1v) is 13.9. The highest BCUT2D eigenvalue weighted by Gasteiger charge is 2.18. The van der Waals surface area contributed by atoms with Crippen molar-refractivity contribution in [2.24, 2.45) is 0 Å². The van der Waals surface area contributed by atoms with Crippen molar-refractivity contribution in [1.29, 1.82) is 0 Å². The molecule has 3 aromatic carbocycles. The molecule has 4 aromatic rings. The molecule has 3 N–H and O–H groups in total. The number of alkyl carbamates (subject to hydrolysis) is 1. The molecule has 1 unspecified atom stereocenters. The smallest absolute Gasteiger partial charge is 0.408 e. The normalized spacial score (nSPS) is 11.5. The quantitative estimate of drug-likeness (QED) is 0.164. The molecule has 0 saturated carbocycles. The highest BCUT2D eigenvalue weighted by molar-refractivity contribution is 6.00. The summed E-state index contributed by atoms with van der Waals surface area (Å²) in [6.07, 6.45) is 2.78. The molecule has 3 amide bonds. The number of amides is 3. The second-order valence-electron chi connectivity index (χ2n) is 9.53. The van der Waals surface area contributed by atoms with Crippen molar-refractivity contribution in [3.8, 4) is 17.1 Å². The molecule has 0 spiro atoms. The van der Waals surface area contributed by atoms with Crippen LogP contribution < -0.4 is 20.7 Å². The van der Waals surface area contributed by atoms with Crippen LogP contribution in [-0.2, 0) is 11.3 Å². The van der Waals surface area contributed by atoms with Crippen LogP contribution in [0.2, 0.25) is 0 Å². The van der Waals surface area contributed by atoms with Crippen LogP contribution in [0.1, 0.15) is 37.5 Å². The number of aromatic nitrogens is 1. The molecule has 4 rings (SSSR count). The highest BCUT2D eigenvalue weighted by Crippen LogP contribution is 2.32. The maximum absolute atomic E-state index is 12.8. The van der Waals surface area contributed by atoms with Gasteiger partial charge in [0.2, 0.25) is 0 Å². The standard InChI is InChI=1S/C32H37N5O5/c1-4-37(5-2)17-16-28(24-11-7-6-8-12-24)42-32(39)34-20-23-10-9-13-25(18-23)35-31(38)36-26-14-15-27(29(19-26)40-3)30-21-33-22-41-30/h6-15,18-19,21-22,28H,4-5,16-17,20H2,1-3H3,(H,34,39)(H2,35,36,38). The van der Waals surface area contributed by atoms with Gasteiger partial charge in [0.25, 0.3) is 0 Å². The first-order chi connectivity index (χ1) is 20.5. The van der Waals surface area contributed by atoms with E-state index in [2.05, 4.69) is 39.7 Å². The molecule has 0 bridgehead atoms. The Morgan fingerprint density at radius 2 is 1.71 bits per heavy atom. The molecule has 42 heavy (non-hydrogen) atoms. The van der Waals surface area contributed by atoms with Crippen LogP contribution >= 0.6 is 0 Å². The van der Waals surface area contributed by atoms with Crippen molar-refractivity contribution >= 4 is 23.5 Å². The van der Waals surface area contributed by atoms with Crippen LogP contribution in [0, 0.1) is 0 Å². The van der Waals surface area contributed by atoms with Crippen LogP contribution in [0.5, 0.6) is 5.75 Å². The van der Waals surface area contributed by atoms with E-state index in [0.29, 0.717) is 29.3 Å². The monoisotopic (exact) mass is 571 g/mol. The number of benzene rings is 3. The molecule has 0 radical (unpaired) electrons. The maximum Gasteiger partial charge on any atom is 0.408 e. The predicted molar refractivity (Wildman–Crippen MR) is 162 cm³/mol. The molecule has 10 nitrogen and oxygen atoms in total. The first-order valence-electron chi connectivity index (χ1n) is 13.9. The van der Waals surface area contributed by atoms with E-state index in [0.717, 1.165) is 36.3 Å². The van der Waals surface area contributed by atoms with Gasteiger partial charge in [0.1, 0.15) is 11.9 Å². The number of carbonyl (C=O) groups excluding carboxylic acids is 2. The summed E-state index contributed by atoms with van der Waals surface area (Å²) < 4.78 is 16.6. The van der Waals surface area contributed by atoms with Crippen LogP contribution in [0.3, 0.4) is 0 Å².